The fourth-order valence-electron chi connectivity index (χ4n) is 3.23. The normalized spacial score (nSPS) is 11.2. The van der Waals surface area contributed by atoms with Gasteiger partial charge in [0.1, 0.15) is 10.9 Å². The Morgan fingerprint density at radius 2 is 1.89 bits per heavy atom. The molecule has 154 valence electrons. The summed E-state index contributed by atoms with van der Waals surface area (Å²) in [5.41, 5.74) is 8.76. The number of hydrogen-bond donors (Lipinski definition) is 1. The molecule has 2 rings (SSSR count). The molecule has 0 spiro atoms. The number of carbonyl (C=O) groups is 1. The third kappa shape index (κ3) is 6.30. The lowest BCUT2D eigenvalue weighted by Crippen LogP contribution is -2.14. The number of rotatable bonds is 10. The molecule has 0 bridgehead atoms. The molecule has 0 aliphatic rings. The highest BCUT2D eigenvalue weighted by Gasteiger charge is 2.20. The molecule has 6 heteroatoms. The van der Waals surface area contributed by atoms with Crippen molar-refractivity contribution in [1.29, 1.82) is 0 Å². The number of nitrogens with two attached hydrogens (primary N) is 1. The fraction of sp³-hybridized carbons (Fsp3) is 0.545. The Balaban J connectivity index is 2.34. The van der Waals surface area contributed by atoms with Crippen molar-refractivity contribution in [2.75, 3.05) is 6.61 Å². The molecule has 5 nitrogen and oxygen atoms in total. The van der Waals surface area contributed by atoms with Crippen LogP contribution in [0.3, 0.4) is 0 Å². The Bertz CT molecular complexity index is 779. The summed E-state index contributed by atoms with van der Waals surface area (Å²) < 4.78 is 7.25. The van der Waals surface area contributed by atoms with E-state index in [1.165, 1.54) is 21.0 Å². The van der Waals surface area contributed by atoms with Gasteiger partial charge in [0.25, 0.3) is 0 Å². The fourth-order valence-corrected chi connectivity index (χ4v) is 4.64. The highest BCUT2D eigenvalue weighted by atomic mass is 32.2. The summed E-state index contributed by atoms with van der Waals surface area (Å²) in [7, 11) is 0. The zero-order chi connectivity index (χ0) is 20.7. The van der Waals surface area contributed by atoms with Gasteiger partial charge in [-0.25, -0.2) is 9.78 Å². The van der Waals surface area contributed by atoms with Gasteiger partial charge in [-0.05, 0) is 55.9 Å². The lowest BCUT2D eigenvalue weighted by Gasteiger charge is -2.14. The van der Waals surface area contributed by atoms with E-state index < -0.39 is 6.09 Å². The van der Waals surface area contributed by atoms with Crippen LogP contribution in [0.2, 0.25) is 0 Å². The predicted octanol–water partition coefficient (Wildman–Crippen LogP) is 5.60. The van der Waals surface area contributed by atoms with Crippen molar-refractivity contribution in [2.24, 2.45) is 5.73 Å². The summed E-state index contributed by atoms with van der Waals surface area (Å²) in [5, 5.41) is 1.24. The summed E-state index contributed by atoms with van der Waals surface area (Å²) >= 11 is 1.81. The van der Waals surface area contributed by atoms with Crippen molar-refractivity contribution in [2.45, 2.75) is 82.7 Å². The molecule has 1 aromatic heterocycles. The average Bonchev–Trinajstić information content (AvgIpc) is 2.93. The predicted molar refractivity (Wildman–Crippen MR) is 115 cm³/mol. The van der Waals surface area contributed by atoms with E-state index in [2.05, 4.69) is 57.4 Å². The lowest BCUT2D eigenvalue weighted by molar-refractivity contribution is 0.155. The SMILES string of the molecule is CCCCn1c(CCCOC(N)=O)nc(C(C)C)c1Sc1cc(C)cc(C)c1. The van der Waals surface area contributed by atoms with Gasteiger partial charge >= 0.3 is 6.09 Å². The molecule has 0 saturated heterocycles. The van der Waals surface area contributed by atoms with E-state index >= 15 is 0 Å². The smallest absolute Gasteiger partial charge is 0.404 e. The van der Waals surface area contributed by atoms with Crippen LogP contribution in [0.5, 0.6) is 0 Å². The minimum Gasteiger partial charge on any atom is -0.450 e. The molecule has 2 N–H and O–H groups in total. The second-order valence-electron chi connectivity index (χ2n) is 7.57. The largest absolute Gasteiger partial charge is 0.450 e. The van der Waals surface area contributed by atoms with E-state index in [1.54, 1.807) is 0 Å². The summed E-state index contributed by atoms with van der Waals surface area (Å²) in [6.45, 7) is 12.1. The summed E-state index contributed by atoms with van der Waals surface area (Å²) in [6, 6.07) is 6.67. The minimum atomic E-state index is -0.719. The molecule has 1 amide bonds. The number of primary amides is 1. The van der Waals surface area contributed by atoms with Crippen molar-refractivity contribution in [3.05, 3.63) is 40.8 Å². The Hall–Kier alpha value is -1.95. The second-order valence-corrected chi connectivity index (χ2v) is 8.64. The number of carbonyl (C=O) groups excluding carboxylic acids is 1. The molecule has 0 unspecified atom stereocenters. The molecule has 0 radical (unpaired) electrons. The number of aryl methyl sites for hydroxylation is 3. The topological polar surface area (TPSA) is 70.1 Å². The Labute approximate surface area is 173 Å². The number of aromatic nitrogens is 2. The summed E-state index contributed by atoms with van der Waals surface area (Å²) in [6.07, 6.45) is 3.01. The van der Waals surface area contributed by atoms with Crippen LogP contribution >= 0.6 is 11.8 Å². The van der Waals surface area contributed by atoms with Gasteiger partial charge in [0.15, 0.2) is 0 Å². The van der Waals surface area contributed by atoms with Crippen molar-refractivity contribution in [1.82, 2.24) is 9.55 Å². The first-order chi connectivity index (χ1) is 13.3. The number of amides is 1. The Morgan fingerprint density at radius 1 is 1.21 bits per heavy atom. The van der Waals surface area contributed by atoms with Crippen LogP contribution in [0.4, 0.5) is 4.79 Å². The number of ether oxygens (including phenoxy) is 1. The van der Waals surface area contributed by atoms with E-state index in [1.807, 2.05) is 11.8 Å². The first-order valence-corrected chi connectivity index (χ1v) is 10.9. The third-order valence-corrected chi connectivity index (χ3v) is 5.60. The molecule has 0 aliphatic heterocycles. The van der Waals surface area contributed by atoms with Crippen molar-refractivity contribution >= 4 is 17.9 Å². The molecule has 0 aliphatic carbocycles. The van der Waals surface area contributed by atoms with Crippen molar-refractivity contribution < 1.29 is 9.53 Å². The number of benzene rings is 1. The highest BCUT2D eigenvalue weighted by Crippen LogP contribution is 2.36. The first kappa shape index (κ1) is 22.3. The van der Waals surface area contributed by atoms with Gasteiger partial charge in [0.05, 0.1) is 12.3 Å². The molecule has 1 aromatic carbocycles. The molecule has 1 heterocycles. The van der Waals surface area contributed by atoms with E-state index in [9.17, 15) is 4.79 Å². The van der Waals surface area contributed by atoms with Crippen LogP contribution in [0.25, 0.3) is 0 Å². The van der Waals surface area contributed by atoms with E-state index in [0.29, 0.717) is 12.5 Å². The minimum absolute atomic E-state index is 0.326. The number of imidazole rings is 1. The molecule has 0 atom stereocenters. The van der Waals surface area contributed by atoms with Gasteiger partial charge in [-0.2, -0.15) is 0 Å². The standard InChI is InChI=1S/C22H33N3O2S/c1-6-7-10-25-19(9-8-11-27-22(23)26)24-20(15(2)3)21(25)28-18-13-16(4)12-17(5)14-18/h12-15H,6-11H2,1-5H3,(H2,23,26). The van der Waals surface area contributed by atoms with Crippen LogP contribution in [0.15, 0.2) is 28.1 Å². The molecule has 0 fully saturated rings. The molecule has 28 heavy (non-hydrogen) atoms. The molecular formula is C22H33N3O2S. The zero-order valence-electron chi connectivity index (χ0n) is 17.7. The quantitative estimate of drug-likeness (QED) is 0.524. The Kier molecular flexibility index (Phi) is 8.42. The maximum absolute atomic E-state index is 10.8. The van der Waals surface area contributed by atoms with E-state index in [0.717, 1.165) is 43.7 Å². The average molecular weight is 404 g/mol. The molecular weight excluding hydrogens is 370 g/mol. The zero-order valence-corrected chi connectivity index (χ0v) is 18.6. The van der Waals surface area contributed by atoms with E-state index in [-0.39, 0.29) is 0 Å². The van der Waals surface area contributed by atoms with Gasteiger partial charge in [0, 0.05) is 17.9 Å². The summed E-state index contributed by atoms with van der Waals surface area (Å²) in [5.74, 6) is 1.41. The van der Waals surface area contributed by atoms with Crippen LogP contribution in [-0.4, -0.2) is 22.3 Å². The van der Waals surface area contributed by atoms with Crippen molar-refractivity contribution in [3.8, 4) is 0 Å². The number of hydrogen-bond acceptors (Lipinski definition) is 4. The van der Waals surface area contributed by atoms with Crippen LogP contribution in [0.1, 0.15) is 68.6 Å². The van der Waals surface area contributed by atoms with E-state index in [4.69, 9.17) is 15.5 Å². The molecule has 2 aromatic rings. The maximum Gasteiger partial charge on any atom is 0.404 e. The van der Waals surface area contributed by atoms with Crippen LogP contribution in [0, 0.1) is 13.8 Å². The summed E-state index contributed by atoms with van der Waals surface area (Å²) in [4.78, 5) is 17.0. The first-order valence-electron chi connectivity index (χ1n) is 10.1. The van der Waals surface area contributed by atoms with Crippen LogP contribution < -0.4 is 5.73 Å². The number of nitrogens with zero attached hydrogens (tertiary/aromatic N) is 2. The van der Waals surface area contributed by atoms with Gasteiger partial charge in [0.2, 0.25) is 0 Å². The van der Waals surface area contributed by atoms with Crippen molar-refractivity contribution in [3.63, 3.8) is 0 Å². The van der Waals surface area contributed by atoms with Gasteiger partial charge in [-0.15, -0.1) is 0 Å². The highest BCUT2D eigenvalue weighted by molar-refractivity contribution is 7.99. The van der Waals surface area contributed by atoms with Crippen LogP contribution in [-0.2, 0) is 17.7 Å². The number of unbranched alkanes of at least 4 members (excludes halogenated alkanes) is 1. The monoisotopic (exact) mass is 403 g/mol. The van der Waals surface area contributed by atoms with Gasteiger partial charge in [-0.3, -0.25) is 0 Å². The molecule has 0 saturated carbocycles. The van der Waals surface area contributed by atoms with Gasteiger partial charge in [-0.1, -0.05) is 45.0 Å². The Morgan fingerprint density at radius 3 is 2.46 bits per heavy atom. The third-order valence-electron chi connectivity index (χ3n) is 4.51. The van der Waals surface area contributed by atoms with Gasteiger partial charge < -0.3 is 15.0 Å². The lowest BCUT2D eigenvalue weighted by atomic mass is 10.1. The maximum atomic E-state index is 10.8. The second kappa shape index (κ2) is 10.6.